The van der Waals surface area contributed by atoms with Gasteiger partial charge in [0.2, 0.25) is 5.91 Å². The van der Waals surface area contributed by atoms with E-state index >= 15 is 0 Å². The first-order valence-corrected chi connectivity index (χ1v) is 6.74. The lowest BCUT2D eigenvalue weighted by atomic mass is 10.1. The minimum absolute atomic E-state index is 0.0829. The minimum atomic E-state index is -0.757. The molecule has 114 valence electrons. The average molecular weight is 293 g/mol. The van der Waals surface area contributed by atoms with E-state index in [1.807, 2.05) is 13.8 Å². The van der Waals surface area contributed by atoms with Crippen LogP contribution in [-0.2, 0) is 16.0 Å². The first-order chi connectivity index (χ1) is 9.86. The van der Waals surface area contributed by atoms with Gasteiger partial charge in [-0.1, -0.05) is 6.92 Å². The molecule has 1 saturated heterocycles. The fourth-order valence-corrected chi connectivity index (χ4v) is 2.42. The summed E-state index contributed by atoms with van der Waals surface area (Å²) in [5, 5.41) is 9.54. The number of anilines is 1. The molecular formula is C13H19N5O3. The Hall–Kier alpha value is -2.38. The van der Waals surface area contributed by atoms with E-state index in [-0.39, 0.29) is 18.2 Å². The molecule has 1 atom stereocenters. The van der Waals surface area contributed by atoms with Crippen LogP contribution in [0.1, 0.15) is 24.6 Å². The Labute approximate surface area is 122 Å². The monoisotopic (exact) mass is 293 g/mol. The minimum Gasteiger partial charge on any atom is -0.315 e. The number of hydrogen-bond acceptors (Lipinski definition) is 4. The molecule has 0 spiro atoms. The Balaban J connectivity index is 2.05. The maximum absolute atomic E-state index is 12.1. The van der Waals surface area contributed by atoms with Crippen LogP contribution in [0.2, 0.25) is 0 Å². The van der Waals surface area contributed by atoms with E-state index in [2.05, 4.69) is 15.5 Å². The molecule has 1 aromatic rings. The molecule has 0 radical (unpaired) electrons. The maximum Gasteiger partial charge on any atom is 0.326 e. The fourth-order valence-electron chi connectivity index (χ4n) is 2.42. The molecular weight excluding hydrogens is 274 g/mol. The van der Waals surface area contributed by atoms with Crippen LogP contribution < -0.4 is 5.32 Å². The molecule has 1 aromatic heterocycles. The number of carbonyl (C=O) groups excluding carboxylic acids is 3. The molecule has 1 aliphatic heterocycles. The van der Waals surface area contributed by atoms with Crippen LogP contribution in [0.15, 0.2) is 0 Å². The number of hydrogen-bond donors (Lipinski definition) is 2. The third-order valence-electron chi connectivity index (χ3n) is 3.74. The second kappa shape index (κ2) is 5.55. The summed E-state index contributed by atoms with van der Waals surface area (Å²) in [6.45, 7) is 3.85. The van der Waals surface area contributed by atoms with Gasteiger partial charge in [0.15, 0.2) is 5.82 Å². The number of nitrogens with one attached hydrogen (secondary N) is 2. The summed E-state index contributed by atoms with van der Waals surface area (Å²) < 4.78 is 0. The molecule has 0 aliphatic carbocycles. The van der Waals surface area contributed by atoms with E-state index < -0.39 is 12.1 Å². The van der Waals surface area contributed by atoms with Crippen LogP contribution in [-0.4, -0.2) is 58.0 Å². The number of H-pyrrole nitrogens is 1. The Morgan fingerprint density at radius 1 is 1.38 bits per heavy atom. The quantitative estimate of drug-likeness (QED) is 0.790. The van der Waals surface area contributed by atoms with E-state index in [9.17, 15) is 14.4 Å². The van der Waals surface area contributed by atoms with Gasteiger partial charge < -0.3 is 10.2 Å². The van der Waals surface area contributed by atoms with Crippen molar-refractivity contribution in [1.29, 1.82) is 0 Å². The molecule has 2 heterocycles. The van der Waals surface area contributed by atoms with Gasteiger partial charge in [0.1, 0.15) is 6.04 Å². The Morgan fingerprint density at radius 3 is 2.57 bits per heavy atom. The van der Waals surface area contributed by atoms with Crippen molar-refractivity contribution in [2.45, 2.75) is 32.7 Å². The van der Waals surface area contributed by atoms with E-state index in [1.165, 1.54) is 19.0 Å². The number of likely N-dealkylation sites (N-methyl/N-ethyl adjacent to an activating group) is 2. The second-order valence-corrected chi connectivity index (χ2v) is 5.09. The second-order valence-electron chi connectivity index (χ2n) is 5.09. The van der Waals surface area contributed by atoms with Crippen LogP contribution in [0.25, 0.3) is 0 Å². The predicted molar refractivity (Wildman–Crippen MR) is 75.7 cm³/mol. The Morgan fingerprint density at radius 2 is 2.05 bits per heavy atom. The van der Waals surface area contributed by atoms with Gasteiger partial charge in [-0.3, -0.25) is 19.6 Å². The van der Waals surface area contributed by atoms with Crippen molar-refractivity contribution in [3.05, 3.63) is 11.3 Å². The lowest BCUT2D eigenvalue weighted by molar-refractivity contribution is -0.129. The van der Waals surface area contributed by atoms with Gasteiger partial charge in [0.25, 0.3) is 5.91 Å². The lowest BCUT2D eigenvalue weighted by Gasteiger charge is -2.15. The highest BCUT2D eigenvalue weighted by molar-refractivity contribution is 6.06. The number of aryl methyl sites for hydroxylation is 1. The number of aromatic amines is 1. The largest absolute Gasteiger partial charge is 0.326 e. The van der Waals surface area contributed by atoms with Crippen molar-refractivity contribution < 1.29 is 14.4 Å². The van der Waals surface area contributed by atoms with E-state index in [1.54, 1.807) is 0 Å². The number of rotatable bonds is 4. The molecule has 8 nitrogen and oxygen atoms in total. The summed E-state index contributed by atoms with van der Waals surface area (Å²) in [5.41, 5.74) is 1.83. The van der Waals surface area contributed by atoms with E-state index in [0.717, 1.165) is 22.6 Å². The molecule has 2 N–H and O–H groups in total. The molecule has 8 heteroatoms. The van der Waals surface area contributed by atoms with Gasteiger partial charge in [-0.2, -0.15) is 5.10 Å². The number of nitrogens with zero attached hydrogens (tertiary/aromatic N) is 3. The summed E-state index contributed by atoms with van der Waals surface area (Å²) in [5.74, 6) is -0.233. The summed E-state index contributed by atoms with van der Waals surface area (Å²) >= 11 is 0. The Kier molecular flexibility index (Phi) is 3.97. The van der Waals surface area contributed by atoms with Gasteiger partial charge in [-0.15, -0.1) is 0 Å². The Bertz CT molecular complexity index is 595. The third-order valence-corrected chi connectivity index (χ3v) is 3.74. The summed E-state index contributed by atoms with van der Waals surface area (Å²) in [7, 11) is 2.92. The zero-order chi connectivity index (χ0) is 15.7. The highest BCUT2D eigenvalue weighted by Gasteiger charge is 2.41. The first-order valence-electron chi connectivity index (χ1n) is 6.74. The zero-order valence-corrected chi connectivity index (χ0v) is 12.6. The number of amides is 4. The maximum atomic E-state index is 12.1. The SMILES string of the molecule is CCc1c(NC(=O)CC2C(=O)N(C)C(=O)N2C)n[nH]c1C. The normalized spacial score (nSPS) is 18.6. The standard InChI is InChI=1S/C13H19N5O3/c1-5-8-7(2)15-16-11(8)14-10(19)6-9-12(20)18(4)13(21)17(9)3/h9H,5-6H2,1-4H3,(H2,14,15,16,19). The van der Waals surface area contributed by atoms with Gasteiger partial charge in [-0.25, -0.2) is 4.79 Å². The number of urea groups is 1. The molecule has 0 saturated carbocycles. The van der Waals surface area contributed by atoms with Crippen LogP contribution in [0.5, 0.6) is 0 Å². The molecule has 1 aliphatic rings. The highest BCUT2D eigenvalue weighted by atomic mass is 16.2. The topological polar surface area (TPSA) is 98.4 Å². The van der Waals surface area contributed by atoms with Crippen LogP contribution >= 0.6 is 0 Å². The zero-order valence-electron chi connectivity index (χ0n) is 12.6. The van der Waals surface area contributed by atoms with Crippen LogP contribution in [0.3, 0.4) is 0 Å². The van der Waals surface area contributed by atoms with Crippen molar-refractivity contribution in [2.75, 3.05) is 19.4 Å². The molecule has 1 unspecified atom stereocenters. The van der Waals surface area contributed by atoms with E-state index in [0.29, 0.717) is 5.82 Å². The van der Waals surface area contributed by atoms with Crippen molar-refractivity contribution in [1.82, 2.24) is 20.0 Å². The van der Waals surface area contributed by atoms with Crippen molar-refractivity contribution in [3.8, 4) is 0 Å². The first kappa shape index (κ1) is 15.0. The predicted octanol–water partition coefficient (Wildman–Crippen LogP) is 0.502. The molecule has 2 rings (SSSR count). The van der Waals surface area contributed by atoms with E-state index in [4.69, 9.17) is 0 Å². The van der Waals surface area contributed by atoms with Gasteiger partial charge >= 0.3 is 6.03 Å². The summed E-state index contributed by atoms with van der Waals surface area (Å²) in [6.07, 6.45) is 0.655. The summed E-state index contributed by atoms with van der Waals surface area (Å²) in [4.78, 5) is 37.9. The van der Waals surface area contributed by atoms with Crippen molar-refractivity contribution in [2.24, 2.45) is 0 Å². The number of aromatic nitrogens is 2. The summed E-state index contributed by atoms with van der Waals surface area (Å²) in [6, 6.07) is -1.16. The lowest BCUT2D eigenvalue weighted by Crippen LogP contribution is -2.35. The third kappa shape index (κ3) is 2.61. The van der Waals surface area contributed by atoms with Crippen molar-refractivity contribution in [3.63, 3.8) is 0 Å². The molecule has 0 bridgehead atoms. The smallest absolute Gasteiger partial charge is 0.315 e. The molecule has 4 amide bonds. The van der Waals surface area contributed by atoms with Crippen LogP contribution in [0.4, 0.5) is 10.6 Å². The molecule has 1 fully saturated rings. The van der Waals surface area contributed by atoms with Gasteiger partial charge in [0.05, 0.1) is 6.42 Å². The number of carbonyl (C=O) groups is 3. The fraction of sp³-hybridized carbons (Fsp3) is 0.538. The van der Waals surface area contributed by atoms with Crippen molar-refractivity contribution >= 4 is 23.7 Å². The highest BCUT2D eigenvalue weighted by Crippen LogP contribution is 2.19. The average Bonchev–Trinajstić information content (AvgIpc) is 2.88. The number of imide groups is 1. The van der Waals surface area contributed by atoms with Gasteiger partial charge in [0, 0.05) is 25.4 Å². The van der Waals surface area contributed by atoms with Gasteiger partial charge in [-0.05, 0) is 13.3 Å². The van der Waals surface area contributed by atoms with Crippen LogP contribution in [0, 0.1) is 6.92 Å². The molecule has 21 heavy (non-hydrogen) atoms. The molecule has 0 aromatic carbocycles.